The van der Waals surface area contributed by atoms with E-state index in [2.05, 4.69) is 0 Å². The molecule has 2 fully saturated rings. The van der Waals surface area contributed by atoms with E-state index in [1.54, 1.807) is 0 Å². The molecule has 0 heterocycles. The second-order valence-corrected chi connectivity index (χ2v) is 8.29. The monoisotopic (exact) mass is 274 g/mol. The summed E-state index contributed by atoms with van der Waals surface area (Å²) in [7, 11) is -3.07. The van der Waals surface area contributed by atoms with Crippen LogP contribution in [0.4, 0.5) is 0 Å². The van der Waals surface area contributed by atoms with E-state index in [-0.39, 0.29) is 17.9 Å². The molecule has 104 valence electrons. The summed E-state index contributed by atoms with van der Waals surface area (Å²) in [5.41, 5.74) is -0.430. The van der Waals surface area contributed by atoms with Crippen molar-refractivity contribution in [2.24, 2.45) is 11.3 Å². The molecule has 0 aromatic rings. The van der Waals surface area contributed by atoms with Crippen LogP contribution in [0.2, 0.25) is 0 Å². The summed E-state index contributed by atoms with van der Waals surface area (Å²) < 4.78 is 24.1. The van der Waals surface area contributed by atoms with Gasteiger partial charge in [-0.05, 0) is 30.6 Å². The molecule has 2 saturated carbocycles. The lowest BCUT2D eigenvalue weighted by Crippen LogP contribution is -2.23. The van der Waals surface area contributed by atoms with Crippen molar-refractivity contribution >= 4 is 15.8 Å². The highest BCUT2D eigenvalue weighted by Gasteiger charge is 2.47. The molecule has 5 heteroatoms. The number of hydrogen-bond acceptors (Lipinski definition) is 3. The van der Waals surface area contributed by atoms with Gasteiger partial charge < -0.3 is 5.11 Å². The van der Waals surface area contributed by atoms with Crippen molar-refractivity contribution < 1.29 is 18.3 Å². The van der Waals surface area contributed by atoms with Gasteiger partial charge in [0.1, 0.15) is 0 Å². The first-order valence-electron chi connectivity index (χ1n) is 6.83. The molecule has 0 aromatic heterocycles. The molecule has 1 N–H and O–H groups in total. The minimum absolute atomic E-state index is 0.00958. The molecule has 0 aromatic carbocycles. The zero-order valence-electron chi connectivity index (χ0n) is 10.7. The maximum absolute atomic E-state index is 12.0. The van der Waals surface area contributed by atoms with E-state index in [1.807, 2.05) is 0 Å². The molecule has 0 spiro atoms. The molecule has 2 rings (SSSR count). The second-order valence-electron chi connectivity index (χ2n) is 6.10. The van der Waals surface area contributed by atoms with E-state index in [9.17, 15) is 13.2 Å². The third-order valence-electron chi connectivity index (χ3n) is 4.32. The minimum atomic E-state index is -3.07. The van der Waals surface area contributed by atoms with Crippen LogP contribution in [-0.2, 0) is 14.6 Å². The average molecular weight is 274 g/mol. The zero-order chi connectivity index (χ0) is 13.2. The van der Waals surface area contributed by atoms with E-state index >= 15 is 0 Å². The zero-order valence-corrected chi connectivity index (χ0v) is 11.5. The van der Waals surface area contributed by atoms with Gasteiger partial charge in [0.25, 0.3) is 0 Å². The Balaban J connectivity index is 1.81. The van der Waals surface area contributed by atoms with Crippen molar-refractivity contribution in [1.29, 1.82) is 0 Å². The first-order valence-corrected chi connectivity index (χ1v) is 8.65. The van der Waals surface area contributed by atoms with Crippen molar-refractivity contribution in [2.75, 3.05) is 11.5 Å². The van der Waals surface area contributed by atoms with Gasteiger partial charge in [-0.15, -0.1) is 0 Å². The summed E-state index contributed by atoms with van der Waals surface area (Å²) in [5.74, 6) is 0.0332. The molecule has 0 bridgehead atoms. The number of rotatable bonds is 7. The van der Waals surface area contributed by atoms with Gasteiger partial charge in [0.15, 0.2) is 9.84 Å². The van der Waals surface area contributed by atoms with Crippen LogP contribution in [0.15, 0.2) is 0 Å². The summed E-state index contributed by atoms with van der Waals surface area (Å²) in [5, 5.41) is 8.79. The van der Waals surface area contributed by atoms with E-state index < -0.39 is 21.2 Å². The lowest BCUT2D eigenvalue weighted by atomic mass is 10.1. The SMILES string of the molecule is O=C(O)CC1(CS(=O)(=O)CCC2CCCC2)CC1. The van der Waals surface area contributed by atoms with E-state index in [0.29, 0.717) is 5.92 Å². The van der Waals surface area contributed by atoms with Gasteiger partial charge in [-0.25, -0.2) is 8.42 Å². The molecule has 0 atom stereocenters. The largest absolute Gasteiger partial charge is 0.481 e. The Labute approximate surface area is 109 Å². The predicted octanol–water partition coefficient (Wildman–Crippen LogP) is 2.24. The molecule has 0 radical (unpaired) electrons. The molecule has 2 aliphatic rings. The quantitative estimate of drug-likeness (QED) is 0.773. The Morgan fingerprint density at radius 1 is 1.22 bits per heavy atom. The molecular weight excluding hydrogens is 252 g/mol. The van der Waals surface area contributed by atoms with Gasteiger partial charge in [0.05, 0.1) is 17.9 Å². The number of hydrogen-bond donors (Lipinski definition) is 1. The van der Waals surface area contributed by atoms with Gasteiger partial charge in [0.2, 0.25) is 0 Å². The molecule has 0 unspecified atom stereocenters. The number of carboxylic acids is 1. The number of aliphatic carboxylic acids is 1. The molecule has 0 amide bonds. The van der Waals surface area contributed by atoms with Gasteiger partial charge in [0, 0.05) is 0 Å². The van der Waals surface area contributed by atoms with Crippen molar-refractivity contribution in [3.8, 4) is 0 Å². The van der Waals surface area contributed by atoms with Gasteiger partial charge >= 0.3 is 5.97 Å². The van der Waals surface area contributed by atoms with Gasteiger partial charge in [-0.3, -0.25) is 4.79 Å². The standard InChI is InChI=1S/C13H22O4S/c14-12(15)9-13(6-7-13)10-18(16,17)8-5-11-3-1-2-4-11/h11H,1-10H2,(H,14,15). The predicted molar refractivity (Wildman–Crippen MR) is 69.1 cm³/mol. The number of carboxylic acid groups (broad SMARTS) is 1. The average Bonchev–Trinajstić information content (AvgIpc) is 2.81. The smallest absolute Gasteiger partial charge is 0.303 e. The lowest BCUT2D eigenvalue weighted by Gasteiger charge is -2.14. The topological polar surface area (TPSA) is 71.4 Å². The molecule has 0 aliphatic heterocycles. The van der Waals surface area contributed by atoms with Crippen LogP contribution < -0.4 is 0 Å². The Kier molecular flexibility index (Phi) is 3.99. The highest BCUT2D eigenvalue weighted by molar-refractivity contribution is 7.91. The number of carbonyl (C=O) groups is 1. The summed E-state index contributed by atoms with van der Waals surface area (Å²) in [6, 6.07) is 0. The Morgan fingerprint density at radius 3 is 2.33 bits per heavy atom. The fourth-order valence-corrected chi connectivity index (χ4v) is 5.21. The highest BCUT2D eigenvalue weighted by atomic mass is 32.2. The molecule has 4 nitrogen and oxygen atoms in total. The van der Waals surface area contributed by atoms with Crippen molar-refractivity contribution in [3.05, 3.63) is 0 Å². The first-order chi connectivity index (χ1) is 8.41. The number of sulfone groups is 1. The summed E-state index contributed by atoms with van der Waals surface area (Å²) >= 11 is 0. The van der Waals surface area contributed by atoms with Crippen molar-refractivity contribution in [1.82, 2.24) is 0 Å². The van der Waals surface area contributed by atoms with Crippen LogP contribution in [0.25, 0.3) is 0 Å². The lowest BCUT2D eigenvalue weighted by molar-refractivity contribution is -0.138. The second kappa shape index (κ2) is 5.19. The Morgan fingerprint density at radius 2 is 1.83 bits per heavy atom. The summed E-state index contributed by atoms with van der Waals surface area (Å²) in [6.07, 6.45) is 7.07. The van der Waals surface area contributed by atoms with Crippen molar-refractivity contribution in [3.63, 3.8) is 0 Å². The molecule has 0 saturated heterocycles. The minimum Gasteiger partial charge on any atom is -0.481 e. The fraction of sp³-hybridized carbons (Fsp3) is 0.923. The van der Waals surface area contributed by atoms with Gasteiger partial charge in [-0.1, -0.05) is 25.7 Å². The van der Waals surface area contributed by atoms with Crippen LogP contribution in [-0.4, -0.2) is 31.0 Å². The van der Waals surface area contributed by atoms with Gasteiger partial charge in [-0.2, -0.15) is 0 Å². The third-order valence-corrected chi connectivity index (χ3v) is 6.23. The summed E-state index contributed by atoms with van der Waals surface area (Å²) in [4.78, 5) is 10.7. The summed E-state index contributed by atoms with van der Waals surface area (Å²) in [6.45, 7) is 0. The van der Waals surface area contributed by atoms with Crippen LogP contribution in [0.1, 0.15) is 51.4 Å². The van der Waals surface area contributed by atoms with E-state index in [1.165, 1.54) is 12.8 Å². The van der Waals surface area contributed by atoms with Crippen molar-refractivity contribution in [2.45, 2.75) is 51.4 Å². The normalized spacial score (nSPS) is 23.1. The Hall–Kier alpha value is -0.580. The maximum Gasteiger partial charge on any atom is 0.303 e. The van der Waals surface area contributed by atoms with Crippen LogP contribution in [0.3, 0.4) is 0 Å². The highest BCUT2D eigenvalue weighted by Crippen LogP contribution is 2.50. The Bertz CT molecular complexity index is 403. The molecule has 2 aliphatic carbocycles. The maximum atomic E-state index is 12.0. The molecule has 18 heavy (non-hydrogen) atoms. The first kappa shape index (κ1) is 13.8. The third kappa shape index (κ3) is 3.97. The van der Waals surface area contributed by atoms with Crippen LogP contribution >= 0.6 is 0 Å². The molecular formula is C13H22O4S. The fourth-order valence-electron chi connectivity index (χ4n) is 3.05. The van der Waals surface area contributed by atoms with Crippen LogP contribution in [0.5, 0.6) is 0 Å². The van der Waals surface area contributed by atoms with E-state index in [0.717, 1.165) is 32.1 Å². The van der Waals surface area contributed by atoms with Crippen LogP contribution in [0, 0.1) is 11.3 Å². The van der Waals surface area contributed by atoms with E-state index in [4.69, 9.17) is 5.11 Å².